The van der Waals surface area contributed by atoms with Crippen molar-refractivity contribution in [1.82, 2.24) is 0 Å². The van der Waals surface area contributed by atoms with Gasteiger partial charge in [-0.25, -0.2) is 0 Å². The number of carbonyl (C=O) groups is 1. The molecule has 1 aromatic rings. The van der Waals surface area contributed by atoms with E-state index in [1.54, 1.807) is 20.3 Å². The Morgan fingerprint density at radius 2 is 1.43 bits per heavy atom. The molecule has 5 heteroatoms. The summed E-state index contributed by atoms with van der Waals surface area (Å²) < 4.78 is 11.3. The van der Waals surface area contributed by atoms with Gasteiger partial charge >= 0.3 is 0 Å². The number of Topliss-reactive ketones (excluding diaryl/α,β-unsaturated/α-hetero) is 1. The Morgan fingerprint density at radius 3 is 1.93 bits per heavy atom. The van der Waals surface area contributed by atoms with Crippen LogP contribution in [0.2, 0.25) is 0 Å². The summed E-state index contributed by atoms with van der Waals surface area (Å²) in [6.07, 6.45) is 11.2. The number of ketones is 1. The van der Waals surface area contributed by atoms with Crippen molar-refractivity contribution in [3.05, 3.63) is 23.8 Å². The molecule has 0 fully saturated rings. The van der Waals surface area contributed by atoms with E-state index in [1.807, 2.05) is 12.1 Å². The van der Waals surface area contributed by atoms with Gasteiger partial charge in [0.15, 0.2) is 17.5 Å². The van der Waals surface area contributed by atoms with Crippen LogP contribution in [0.3, 0.4) is 0 Å². The molecule has 0 saturated heterocycles. The number of hydrogen-bond donors (Lipinski definition) is 0. The van der Waals surface area contributed by atoms with Crippen molar-refractivity contribution in [1.29, 1.82) is 0 Å². The first-order valence-corrected chi connectivity index (χ1v) is 10.4. The van der Waals surface area contributed by atoms with E-state index in [2.05, 4.69) is 28.1 Å². The van der Waals surface area contributed by atoms with E-state index in [-0.39, 0.29) is 35.8 Å². The van der Waals surface area contributed by atoms with Gasteiger partial charge in [0.25, 0.3) is 0 Å². The minimum absolute atomic E-state index is 0. The molecular weight excluding hydrogens is 465 g/mol. The Hall–Kier alpha value is -0.820. The van der Waals surface area contributed by atoms with Crippen LogP contribution in [0.5, 0.6) is 11.5 Å². The molecule has 0 N–H and O–H groups in total. The van der Waals surface area contributed by atoms with Crippen LogP contribution in [0.4, 0.5) is 0 Å². The van der Waals surface area contributed by atoms with Crippen LogP contribution < -0.4 is 9.47 Å². The summed E-state index contributed by atoms with van der Waals surface area (Å²) in [5, 5.41) is 0. The van der Waals surface area contributed by atoms with Crippen LogP contribution in [0.15, 0.2) is 18.2 Å². The average Bonchev–Trinajstić information content (AvgIpc) is 2.64. The normalized spacial score (nSPS) is 12.2. The van der Waals surface area contributed by atoms with Gasteiger partial charge < -0.3 is 14.0 Å². The van der Waals surface area contributed by atoms with Crippen molar-refractivity contribution in [2.24, 2.45) is 0 Å². The van der Waals surface area contributed by atoms with Crippen LogP contribution in [-0.4, -0.2) is 51.7 Å². The SMILES string of the molecule is CCCCCCCCCCC(C(=O)c1ccc(OC)c(OC)c1)[N+](C)(C)C.I. The number of ether oxygens (including phenoxy) is 2. The largest absolute Gasteiger partial charge is 0.493 e. The van der Waals surface area contributed by atoms with E-state index in [1.165, 1.54) is 44.9 Å². The molecule has 0 saturated carbocycles. The molecule has 1 rings (SSSR count). The number of likely N-dealkylation sites (N-methyl/N-ethyl adjacent to an activating group) is 1. The maximum absolute atomic E-state index is 13.2. The van der Waals surface area contributed by atoms with Gasteiger partial charge in [-0.05, 0) is 24.6 Å². The summed E-state index contributed by atoms with van der Waals surface area (Å²) in [6, 6.07) is 5.43. The van der Waals surface area contributed by atoms with E-state index < -0.39 is 0 Å². The van der Waals surface area contributed by atoms with Crippen molar-refractivity contribution in [2.45, 2.75) is 70.8 Å². The fraction of sp³-hybridized carbons (Fsp3) is 0.696. The van der Waals surface area contributed by atoms with Crippen molar-refractivity contribution < 1.29 is 18.8 Å². The molecule has 1 atom stereocenters. The lowest BCUT2D eigenvalue weighted by atomic mass is 9.96. The van der Waals surface area contributed by atoms with E-state index in [0.29, 0.717) is 21.5 Å². The average molecular weight is 506 g/mol. The predicted octanol–water partition coefficient (Wildman–Crippen LogP) is 6.11. The first-order valence-electron chi connectivity index (χ1n) is 10.4. The molecule has 0 aliphatic heterocycles. The second kappa shape index (κ2) is 14.2. The summed E-state index contributed by atoms with van der Waals surface area (Å²) in [4.78, 5) is 13.2. The van der Waals surface area contributed by atoms with Crippen molar-refractivity contribution >= 4 is 29.8 Å². The van der Waals surface area contributed by atoms with Crippen molar-refractivity contribution in [2.75, 3.05) is 35.4 Å². The molecule has 0 bridgehead atoms. The Balaban J connectivity index is 0.00000729. The molecule has 162 valence electrons. The van der Waals surface area contributed by atoms with Crippen LogP contribution in [-0.2, 0) is 0 Å². The third kappa shape index (κ3) is 9.12. The highest BCUT2D eigenvalue weighted by Gasteiger charge is 2.32. The first-order chi connectivity index (χ1) is 12.8. The molecule has 4 nitrogen and oxygen atoms in total. The lowest BCUT2D eigenvalue weighted by molar-refractivity contribution is -0.886. The Kier molecular flexibility index (Phi) is 13.8. The number of quaternary nitrogens is 1. The van der Waals surface area contributed by atoms with Gasteiger partial charge in [0, 0.05) is 12.0 Å². The molecule has 0 spiro atoms. The zero-order chi connectivity index (χ0) is 20.3. The van der Waals surface area contributed by atoms with Crippen molar-refractivity contribution in [3.63, 3.8) is 0 Å². The summed E-state index contributed by atoms with van der Waals surface area (Å²) >= 11 is 0. The molecule has 0 aliphatic rings. The smallest absolute Gasteiger partial charge is 0.220 e. The van der Waals surface area contributed by atoms with Gasteiger partial charge in [0.05, 0.1) is 35.4 Å². The summed E-state index contributed by atoms with van der Waals surface area (Å²) in [7, 11) is 9.52. The predicted molar refractivity (Wildman–Crippen MR) is 128 cm³/mol. The fourth-order valence-electron chi connectivity index (χ4n) is 3.52. The topological polar surface area (TPSA) is 35.5 Å². The summed E-state index contributed by atoms with van der Waals surface area (Å²) in [5.41, 5.74) is 0.699. The van der Waals surface area contributed by atoms with Crippen LogP contribution in [0.1, 0.15) is 75.1 Å². The minimum Gasteiger partial charge on any atom is -0.493 e. The number of carbonyl (C=O) groups excluding carboxylic acids is 1. The maximum Gasteiger partial charge on any atom is 0.220 e. The monoisotopic (exact) mass is 506 g/mol. The third-order valence-corrected chi connectivity index (χ3v) is 5.24. The van der Waals surface area contributed by atoms with E-state index in [9.17, 15) is 4.79 Å². The lowest BCUT2D eigenvalue weighted by Gasteiger charge is -2.33. The molecule has 0 aromatic heterocycles. The van der Waals surface area contributed by atoms with Gasteiger partial charge in [0.1, 0.15) is 0 Å². The number of unbranched alkanes of at least 4 members (excludes halogenated alkanes) is 7. The quantitative estimate of drug-likeness (QED) is 0.132. The van der Waals surface area contributed by atoms with E-state index >= 15 is 0 Å². The molecule has 1 unspecified atom stereocenters. The molecule has 0 heterocycles. The van der Waals surface area contributed by atoms with Gasteiger partial charge in [-0.15, -0.1) is 24.0 Å². The highest BCUT2D eigenvalue weighted by molar-refractivity contribution is 14.0. The van der Waals surface area contributed by atoms with Gasteiger partial charge in [-0.3, -0.25) is 4.79 Å². The minimum atomic E-state index is -0.0387. The van der Waals surface area contributed by atoms with Gasteiger partial charge in [0.2, 0.25) is 5.78 Å². The van der Waals surface area contributed by atoms with Crippen LogP contribution >= 0.6 is 24.0 Å². The third-order valence-electron chi connectivity index (χ3n) is 5.24. The summed E-state index contributed by atoms with van der Waals surface area (Å²) in [5.74, 6) is 1.45. The molecule has 0 aliphatic carbocycles. The lowest BCUT2D eigenvalue weighted by Crippen LogP contribution is -2.49. The van der Waals surface area contributed by atoms with E-state index in [4.69, 9.17) is 9.47 Å². The molecule has 1 aromatic carbocycles. The fourth-order valence-corrected chi connectivity index (χ4v) is 3.52. The molecule has 28 heavy (non-hydrogen) atoms. The Bertz CT molecular complexity index is 569. The molecule has 0 radical (unpaired) electrons. The maximum atomic E-state index is 13.2. The summed E-state index contributed by atoms with van der Waals surface area (Å²) in [6.45, 7) is 2.25. The second-order valence-corrected chi connectivity index (χ2v) is 8.33. The molecule has 0 amide bonds. The van der Waals surface area contributed by atoms with Gasteiger partial charge in [-0.1, -0.05) is 51.9 Å². The number of methoxy groups -OCH3 is 2. The van der Waals surface area contributed by atoms with E-state index in [0.717, 1.165) is 12.8 Å². The van der Waals surface area contributed by atoms with Crippen LogP contribution in [0.25, 0.3) is 0 Å². The number of halogens is 1. The first kappa shape index (κ1) is 27.2. The standard InChI is InChI=1S/C23H40NO3.HI/c1-7-8-9-10-11-12-13-14-15-20(24(2,3)4)23(25)19-16-17-21(26-5)22(18-19)27-6;/h16-18,20H,7-15H2,1-6H3;1H/q+1;. The Labute approximate surface area is 189 Å². The number of benzene rings is 1. The molecular formula is C23H41INO3+. The highest BCUT2D eigenvalue weighted by Crippen LogP contribution is 2.29. The second-order valence-electron chi connectivity index (χ2n) is 8.33. The number of rotatable bonds is 14. The number of nitrogens with zero attached hydrogens (tertiary/aromatic N) is 1. The zero-order valence-electron chi connectivity index (χ0n) is 18.8. The van der Waals surface area contributed by atoms with Gasteiger partial charge in [-0.2, -0.15) is 0 Å². The highest BCUT2D eigenvalue weighted by atomic mass is 127. The zero-order valence-corrected chi connectivity index (χ0v) is 21.1. The van der Waals surface area contributed by atoms with Crippen molar-refractivity contribution in [3.8, 4) is 11.5 Å². The number of hydrogen-bond acceptors (Lipinski definition) is 3. The Morgan fingerprint density at radius 1 is 0.893 bits per heavy atom. The van der Waals surface area contributed by atoms with Crippen LogP contribution in [0, 0.1) is 0 Å².